The maximum atomic E-state index is 4.26. The number of nitrogens with one attached hydrogen (secondary N) is 2. The fourth-order valence-electron chi connectivity index (χ4n) is 0.971. The Labute approximate surface area is 84.3 Å². The number of hydrogen-bond acceptors (Lipinski definition) is 5. The van der Waals surface area contributed by atoms with Gasteiger partial charge in [0.2, 0.25) is 5.95 Å². The van der Waals surface area contributed by atoms with Crippen LogP contribution in [0.4, 0.5) is 5.95 Å². The lowest BCUT2D eigenvalue weighted by Crippen LogP contribution is -2.22. The Bertz CT molecular complexity index is 287. The van der Waals surface area contributed by atoms with E-state index >= 15 is 0 Å². The molecule has 2 N–H and O–H groups in total. The lowest BCUT2D eigenvalue weighted by atomic mass is 10.4. The van der Waals surface area contributed by atoms with Crippen LogP contribution in [0.3, 0.4) is 0 Å². The van der Waals surface area contributed by atoms with Gasteiger partial charge in [0.1, 0.15) is 0 Å². The minimum absolute atomic E-state index is 0.603. The summed E-state index contributed by atoms with van der Waals surface area (Å²) in [6, 6.07) is 0. The second-order valence-corrected chi connectivity index (χ2v) is 3.09. The molecule has 14 heavy (non-hydrogen) atoms. The topological polar surface area (TPSA) is 62.7 Å². The molecule has 78 valence electrons. The standard InChI is InChI=1S/C9H17N5/c1-4-10-5-6-11-9-12-7(2)8(3)13-14-9/h10H,4-6H2,1-3H3,(H,11,12,14). The van der Waals surface area contributed by atoms with Gasteiger partial charge in [-0.05, 0) is 20.4 Å². The number of aryl methyl sites for hydroxylation is 2. The summed E-state index contributed by atoms with van der Waals surface area (Å²) in [7, 11) is 0. The van der Waals surface area contributed by atoms with Crippen LogP contribution in [0.25, 0.3) is 0 Å². The highest BCUT2D eigenvalue weighted by Gasteiger charge is 1.99. The first-order chi connectivity index (χ1) is 6.74. The Kier molecular flexibility index (Phi) is 4.25. The van der Waals surface area contributed by atoms with Crippen molar-refractivity contribution in [3.63, 3.8) is 0 Å². The molecule has 0 atom stereocenters. The number of likely N-dealkylation sites (N-methyl/N-ethyl adjacent to an activating group) is 1. The Balaban J connectivity index is 2.39. The lowest BCUT2D eigenvalue weighted by molar-refractivity contribution is 0.733. The van der Waals surface area contributed by atoms with Crippen molar-refractivity contribution >= 4 is 5.95 Å². The van der Waals surface area contributed by atoms with E-state index in [0.29, 0.717) is 5.95 Å². The van der Waals surface area contributed by atoms with Crippen LogP contribution in [0.2, 0.25) is 0 Å². The second-order valence-electron chi connectivity index (χ2n) is 3.09. The third-order valence-corrected chi connectivity index (χ3v) is 1.93. The van der Waals surface area contributed by atoms with Crippen molar-refractivity contribution in [3.8, 4) is 0 Å². The summed E-state index contributed by atoms with van der Waals surface area (Å²) < 4.78 is 0. The molecule has 0 amide bonds. The summed E-state index contributed by atoms with van der Waals surface area (Å²) in [6.45, 7) is 8.61. The zero-order chi connectivity index (χ0) is 10.4. The highest BCUT2D eigenvalue weighted by molar-refractivity contribution is 5.24. The Morgan fingerprint density at radius 2 is 1.86 bits per heavy atom. The second kappa shape index (κ2) is 5.49. The summed E-state index contributed by atoms with van der Waals surface area (Å²) in [5, 5.41) is 14.2. The molecule has 0 saturated carbocycles. The summed E-state index contributed by atoms with van der Waals surface area (Å²) in [6.07, 6.45) is 0. The van der Waals surface area contributed by atoms with Crippen LogP contribution < -0.4 is 10.6 Å². The number of rotatable bonds is 5. The summed E-state index contributed by atoms with van der Waals surface area (Å²) in [5.41, 5.74) is 1.80. The van der Waals surface area contributed by atoms with Gasteiger partial charge in [-0.1, -0.05) is 6.92 Å². The van der Waals surface area contributed by atoms with E-state index in [0.717, 1.165) is 31.0 Å². The normalized spacial score (nSPS) is 10.2. The van der Waals surface area contributed by atoms with Gasteiger partial charge in [-0.2, -0.15) is 5.10 Å². The van der Waals surface area contributed by atoms with Crippen molar-refractivity contribution in [2.75, 3.05) is 25.0 Å². The van der Waals surface area contributed by atoms with Crippen LogP contribution >= 0.6 is 0 Å². The highest BCUT2D eigenvalue weighted by atomic mass is 15.2. The predicted molar refractivity (Wildman–Crippen MR) is 56.3 cm³/mol. The maximum absolute atomic E-state index is 4.26. The largest absolute Gasteiger partial charge is 0.352 e. The molecule has 1 heterocycles. The average molecular weight is 195 g/mol. The number of aromatic nitrogens is 3. The Morgan fingerprint density at radius 3 is 2.50 bits per heavy atom. The first-order valence-corrected chi connectivity index (χ1v) is 4.86. The average Bonchev–Trinajstić information content (AvgIpc) is 2.18. The SMILES string of the molecule is CCNCCNc1nnc(C)c(C)n1. The first kappa shape index (κ1) is 10.8. The van der Waals surface area contributed by atoms with Crippen LogP contribution in [0.1, 0.15) is 18.3 Å². The Hall–Kier alpha value is -1.23. The minimum Gasteiger partial charge on any atom is -0.352 e. The van der Waals surface area contributed by atoms with Crippen molar-refractivity contribution in [1.29, 1.82) is 0 Å². The summed E-state index contributed by atoms with van der Waals surface area (Å²) in [5.74, 6) is 0.603. The molecule has 1 aromatic heterocycles. The molecule has 0 aliphatic rings. The summed E-state index contributed by atoms with van der Waals surface area (Å²) >= 11 is 0. The van der Waals surface area contributed by atoms with Crippen LogP contribution in [0.5, 0.6) is 0 Å². The van der Waals surface area contributed by atoms with E-state index in [2.05, 4.69) is 32.7 Å². The van der Waals surface area contributed by atoms with Gasteiger partial charge in [-0.15, -0.1) is 5.10 Å². The van der Waals surface area contributed by atoms with Crippen LogP contribution in [-0.4, -0.2) is 34.8 Å². The molecule has 0 aliphatic heterocycles. The van der Waals surface area contributed by atoms with Crippen molar-refractivity contribution in [3.05, 3.63) is 11.4 Å². The van der Waals surface area contributed by atoms with Gasteiger partial charge in [0.15, 0.2) is 0 Å². The molecule has 0 unspecified atom stereocenters. The minimum atomic E-state index is 0.603. The summed E-state index contributed by atoms with van der Waals surface area (Å²) in [4.78, 5) is 4.26. The predicted octanol–water partition coefficient (Wildman–Crippen LogP) is 0.510. The smallest absolute Gasteiger partial charge is 0.243 e. The van der Waals surface area contributed by atoms with Crippen LogP contribution in [0, 0.1) is 13.8 Å². The molecular formula is C9H17N5. The molecule has 5 heteroatoms. The van der Waals surface area contributed by atoms with E-state index in [-0.39, 0.29) is 0 Å². The fourth-order valence-corrected chi connectivity index (χ4v) is 0.971. The molecule has 0 saturated heterocycles. The van der Waals surface area contributed by atoms with Gasteiger partial charge < -0.3 is 10.6 Å². The highest BCUT2D eigenvalue weighted by Crippen LogP contribution is 2.00. The molecule has 0 aromatic carbocycles. The van der Waals surface area contributed by atoms with E-state index in [1.807, 2.05) is 13.8 Å². The molecule has 5 nitrogen and oxygen atoms in total. The zero-order valence-corrected chi connectivity index (χ0v) is 8.96. The third-order valence-electron chi connectivity index (χ3n) is 1.93. The molecule has 0 spiro atoms. The molecule has 0 fully saturated rings. The lowest BCUT2D eigenvalue weighted by Gasteiger charge is -2.05. The Morgan fingerprint density at radius 1 is 1.07 bits per heavy atom. The quantitative estimate of drug-likeness (QED) is 0.670. The van der Waals surface area contributed by atoms with E-state index in [1.165, 1.54) is 0 Å². The number of hydrogen-bond donors (Lipinski definition) is 2. The molecule has 0 aliphatic carbocycles. The third kappa shape index (κ3) is 3.26. The van der Waals surface area contributed by atoms with Gasteiger partial charge >= 0.3 is 0 Å². The molecule has 0 bridgehead atoms. The van der Waals surface area contributed by atoms with Crippen molar-refractivity contribution in [2.24, 2.45) is 0 Å². The van der Waals surface area contributed by atoms with Crippen LogP contribution in [-0.2, 0) is 0 Å². The van der Waals surface area contributed by atoms with E-state index < -0.39 is 0 Å². The van der Waals surface area contributed by atoms with Gasteiger partial charge in [-0.3, -0.25) is 0 Å². The number of anilines is 1. The van der Waals surface area contributed by atoms with Gasteiger partial charge in [0.25, 0.3) is 0 Å². The monoisotopic (exact) mass is 195 g/mol. The van der Waals surface area contributed by atoms with Crippen LogP contribution in [0.15, 0.2) is 0 Å². The molecule has 1 rings (SSSR count). The van der Waals surface area contributed by atoms with E-state index in [9.17, 15) is 0 Å². The molecular weight excluding hydrogens is 178 g/mol. The number of nitrogens with zero attached hydrogens (tertiary/aromatic N) is 3. The van der Waals surface area contributed by atoms with Crippen molar-refractivity contribution in [2.45, 2.75) is 20.8 Å². The van der Waals surface area contributed by atoms with Gasteiger partial charge in [0, 0.05) is 13.1 Å². The molecule has 1 aromatic rings. The van der Waals surface area contributed by atoms with Gasteiger partial charge in [0.05, 0.1) is 11.4 Å². The van der Waals surface area contributed by atoms with Gasteiger partial charge in [-0.25, -0.2) is 4.98 Å². The van der Waals surface area contributed by atoms with Crippen molar-refractivity contribution < 1.29 is 0 Å². The first-order valence-electron chi connectivity index (χ1n) is 4.86. The zero-order valence-electron chi connectivity index (χ0n) is 8.96. The maximum Gasteiger partial charge on any atom is 0.243 e. The van der Waals surface area contributed by atoms with E-state index in [4.69, 9.17) is 0 Å². The van der Waals surface area contributed by atoms with Crippen molar-refractivity contribution in [1.82, 2.24) is 20.5 Å². The fraction of sp³-hybridized carbons (Fsp3) is 0.667. The molecule has 0 radical (unpaired) electrons. The van der Waals surface area contributed by atoms with E-state index in [1.54, 1.807) is 0 Å².